The van der Waals surface area contributed by atoms with Crippen molar-refractivity contribution < 1.29 is 29.0 Å². The van der Waals surface area contributed by atoms with E-state index in [4.69, 9.17) is 9.47 Å². The topological polar surface area (TPSA) is 114 Å². The van der Waals surface area contributed by atoms with Crippen molar-refractivity contribution >= 4 is 18.0 Å². The predicted molar refractivity (Wildman–Crippen MR) is 138 cm³/mol. The summed E-state index contributed by atoms with van der Waals surface area (Å²) >= 11 is 0. The second-order valence-electron chi connectivity index (χ2n) is 9.02. The number of carboxylic acids is 1. The molecule has 0 saturated heterocycles. The molecule has 0 fully saturated rings. The van der Waals surface area contributed by atoms with Crippen LogP contribution in [0.2, 0.25) is 0 Å². The summed E-state index contributed by atoms with van der Waals surface area (Å²) in [6, 6.07) is 23.1. The molecule has 3 aromatic carbocycles. The number of hydrogen-bond donors (Lipinski definition) is 3. The second kappa shape index (κ2) is 11.7. The largest absolute Gasteiger partial charge is 0.480 e. The quantitative estimate of drug-likeness (QED) is 0.385. The molecule has 0 spiro atoms. The number of hydrogen-bond acceptors (Lipinski definition) is 5. The summed E-state index contributed by atoms with van der Waals surface area (Å²) in [5.41, 5.74) is 5.25. The maximum absolute atomic E-state index is 12.9. The molecule has 0 saturated carbocycles. The number of carboxylic acid groups (broad SMARTS) is 1. The van der Waals surface area contributed by atoms with Gasteiger partial charge in [0.05, 0.1) is 12.7 Å². The predicted octanol–water partition coefficient (Wildman–Crippen LogP) is 4.09. The van der Waals surface area contributed by atoms with Crippen LogP contribution >= 0.6 is 0 Å². The van der Waals surface area contributed by atoms with Gasteiger partial charge in [0.25, 0.3) is 0 Å². The lowest BCUT2D eigenvalue weighted by Crippen LogP contribution is -2.55. The number of amides is 2. The molecule has 0 radical (unpaired) electrons. The third-order valence-electron chi connectivity index (χ3n) is 6.45. The zero-order chi connectivity index (χ0) is 26.4. The van der Waals surface area contributed by atoms with Crippen LogP contribution in [-0.4, -0.2) is 47.9 Å². The number of nitrogens with one attached hydrogen (secondary N) is 2. The number of rotatable bonds is 10. The Labute approximate surface area is 215 Å². The first-order chi connectivity index (χ1) is 17.8. The lowest BCUT2D eigenvalue weighted by Gasteiger charge is -2.25. The second-order valence-corrected chi connectivity index (χ2v) is 9.02. The SMILES string of the molecule is C[C@H](OCc1ccccc1)[C@@H](NC(=O)OCC1c2ccccc2-c2ccccc21)C(=O)N[C@H](C)C(=O)O. The minimum absolute atomic E-state index is 0.0823. The molecule has 2 amide bonds. The Bertz CT molecular complexity index is 1220. The molecule has 0 heterocycles. The maximum atomic E-state index is 12.9. The summed E-state index contributed by atoms with van der Waals surface area (Å²) in [4.78, 5) is 37.0. The minimum atomic E-state index is -1.19. The van der Waals surface area contributed by atoms with Gasteiger partial charge in [-0.25, -0.2) is 4.79 Å². The zero-order valence-electron chi connectivity index (χ0n) is 20.7. The van der Waals surface area contributed by atoms with Crippen LogP contribution in [0.4, 0.5) is 4.79 Å². The summed E-state index contributed by atoms with van der Waals surface area (Å²) < 4.78 is 11.4. The Kier molecular flexibility index (Phi) is 8.20. The first kappa shape index (κ1) is 25.9. The molecule has 192 valence electrons. The number of ether oxygens (including phenoxy) is 2. The molecule has 3 atom stereocenters. The molecule has 0 unspecified atom stereocenters. The smallest absolute Gasteiger partial charge is 0.407 e. The van der Waals surface area contributed by atoms with Crippen molar-refractivity contribution in [3.8, 4) is 11.1 Å². The Morgan fingerprint density at radius 3 is 2.00 bits per heavy atom. The Balaban J connectivity index is 1.43. The van der Waals surface area contributed by atoms with Gasteiger partial charge in [-0.3, -0.25) is 9.59 Å². The van der Waals surface area contributed by atoms with Crippen LogP contribution in [-0.2, 0) is 25.7 Å². The lowest BCUT2D eigenvalue weighted by molar-refractivity contribution is -0.142. The Hall–Kier alpha value is -4.17. The van der Waals surface area contributed by atoms with E-state index in [1.54, 1.807) is 6.92 Å². The molecular formula is C29H30N2O6. The van der Waals surface area contributed by atoms with E-state index in [1.165, 1.54) is 6.92 Å². The van der Waals surface area contributed by atoms with Gasteiger partial charge in [-0.1, -0.05) is 78.9 Å². The van der Waals surface area contributed by atoms with Crippen molar-refractivity contribution in [3.63, 3.8) is 0 Å². The van der Waals surface area contributed by atoms with Crippen LogP contribution in [0.15, 0.2) is 78.9 Å². The summed E-state index contributed by atoms with van der Waals surface area (Å²) in [6.45, 7) is 3.29. The number of alkyl carbamates (subject to hydrolysis) is 1. The number of carbonyl (C=O) groups excluding carboxylic acids is 2. The molecule has 3 N–H and O–H groups in total. The van der Waals surface area contributed by atoms with Crippen molar-refractivity contribution in [1.82, 2.24) is 10.6 Å². The molecule has 1 aliphatic carbocycles. The van der Waals surface area contributed by atoms with Gasteiger partial charge in [0.1, 0.15) is 18.7 Å². The fourth-order valence-corrected chi connectivity index (χ4v) is 4.43. The third-order valence-corrected chi connectivity index (χ3v) is 6.45. The average Bonchev–Trinajstić information content (AvgIpc) is 3.23. The van der Waals surface area contributed by atoms with Crippen LogP contribution in [0, 0.1) is 0 Å². The molecule has 0 bridgehead atoms. The summed E-state index contributed by atoms with van der Waals surface area (Å²) in [6.07, 6.45) is -1.55. The van der Waals surface area contributed by atoms with E-state index in [9.17, 15) is 19.5 Å². The summed E-state index contributed by atoms with van der Waals surface area (Å²) in [5, 5.41) is 14.2. The van der Waals surface area contributed by atoms with Crippen LogP contribution < -0.4 is 10.6 Å². The highest BCUT2D eigenvalue weighted by molar-refractivity contribution is 5.89. The zero-order valence-corrected chi connectivity index (χ0v) is 20.7. The van der Waals surface area contributed by atoms with Crippen molar-refractivity contribution in [2.45, 2.75) is 44.6 Å². The molecule has 37 heavy (non-hydrogen) atoms. The number of benzene rings is 3. The third kappa shape index (κ3) is 6.16. The van der Waals surface area contributed by atoms with Crippen LogP contribution in [0.5, 0.6) is 0 Å². The van der Waals surface area contributed by atoms with Gasteiger partial charge in [-0.15, -0.1) is 0 Å². The van der Waals surface area contributed by atoms with Crippen LogP contribution in [0.25, 0.3) is 11.1 Å². The van der Waals surface area contributed by atoms with E-state index in [1.807, 2.05) is 78.9 Å². The highest BCUT2D eigenvalue weighted by atomic mass is 16.5. The van der Waals surface area contributed by atoms with Gasteiger partial charge in [-0.05, 0) is 41.7 Å². The van der Waals surface area contributed by atoms with Crippen molar-refractivity contribution in [2.75, 3.05) is 6.61 Å². The fourth-order valence-electron chi connectivity index (χ4n) is 4.43. The molecule has 4 rings (SSSR count). The Morgan fingerprint density at radius 1 is 0.838 bits per heavy atom. The van der Waals surface area contributed by atoms with E-state index in [2.05, 4.69) is 10.6 Å². The van der Waals surface area contributed by atoms with Gasteiger partial charge in [0.15, 0.2) is 0 Å². The van der Waals surface area contributed by atoms with Crippen molar-refractivity contribution in [3.05, 3.63) is 95.6 Å². The molecule has 3 aromatic rings. The Morgan fingerprint density at radius 2 is 1.41 bits per heavy atom. The van der Waals surface area contributed by atoms with Gasteiger partial charge < -0.3 is 25.2 Å². The van der Waals surface area contributed by atoms with Crippen LogP contribution in [0.3, 0.4) is 0 Å². The van der Waals surface area contributed by atoms with Crippen LogP contribution in [0.1, 0.15) is 36.5 Å². The highest BCUT2D eigenvalue weighted by Crippen LogP contribution is 2.44. The summed E-state index contributed by atoms with van der Waals surface area (Å²) in [5.74, 6) is -2.00. The molecule has 0 aromatic heterocycles. The number of carbonyl (C=O) groups is 3. The average molecular weight is 503 g/mol. The standard InChI is InChI=1S/C29H30N2O6/c1-18(28(33)34)30-27(32)26(19(2)36-16-20-10-4-3-5-11-20)31-29(35)37-17-25-23-14-8-6-12-21(23)22-13-7-9-15-24(22)25/h3-15,18-19,25-26H,16-17H2,1-2H3,(H,30,32)(H,31,35)(H,33,34)/t18-,19+,26-/m1/s1. The number of aliphatic carboxylic acids is 1. The van der Waals surface area contributed by atoms with Crippen molar-refractivity contribution in [2.24, 2.45) is 0 Å². The maximum Gasteiger partial charge on any atom is 0.407 e. The molecule has 8 heteroatoms. The normalized spacial score (nSPS) is 14.5. The van der Waals surface area contributed by atoms with E-state index in [0.717, 1.165) is 27.8 Å². The van der Waals surface area contributed by atoms with Gasteiger partial charge in [0, 0.05) is 5.92 Å². The molecule has 8 nitrogen and oxygen atoms in total. The molecule has 0 aliphatic heterocycles. The number of fused-ring (bicyclic) bond motifs is 3. The van der Waals surface area contributed by atoms with E-state index >= 15 is 0 Å². The van der Waals surface area contributed by atoms with Gasteiger partial charge in [-0.2, -0.15) is 0 Å². The lowest BCUT2D eigenvalue weighted by atomic mass is 9.98. The minimum Gasteiger partial charge on any atom is -0.480 e. The first-order valence-corrected chi connectivity index (χ1v) is 12.2. The van der Waals surface area contributed by atoms with Gasteiger partial charge in [0.2, 0.25) is 5.91 Å². The summed E-state index contributed by atoms with van der Waals surface area (Å²) in [7, 11) is 0. The molecular weight excluding hydrogens is 472 g/mol. The fraction of sp³-hybridized carbons (Fsp3) is 0.276. The van der Waals surface area contributed by atoms with Crippen molar-refractivity contribution in [1.29, 1.82) is 0 Å². The van der Waals surface area contributed by atoms with Gasteiger partial charge >= 0.3 is 12.1 Å². The highest BCUT2D eigenvalue weighted by Gasteiger charge is 2.32. The van der Waals surface area contributed by atoms with E-state index in [-0.39, 0.29) is 19.1 Å². The molecule has 1 aliphatic rings. The van der Waals surface area contributed by atoms with E-state index in [0.29, 0.717) is 0 Å². The first-order valence-electron chi connectivity index (χ1n) is 12.2. The van der Waals surface area contributed by atoms with E-state index < -0.39 is 36.2 Å². The monoisotopic (exact) mass is 502 g/mol.